The van der Waals surface area contributed by atoms with Crippen LogP contribution >= 0.6 is 8.38 Å². The number of nitrogens with zero attached hydrogens (tertiary/aromatic N) is 2. The first-order valence-electron chi connectivity index (χ1n) is 7.35. The number of H-pyrrole nitrogens is 2. The molecule has 2 aromatic rings. The van der Waals surface area contributed by atoms with Gasteiger partial charge in [0.15, 0.2) is 8.38 Å². The molecular weight excluding hydrogens is 335 g/mol. The first-order chi connectivity index (χ1) is 11.5. The van der Waals surface area contributed by atoms with Crippen molar-refractivity contribution in [3.05, 3.63) is 62.7 Å². The smallest absolute Gasteiger partial charge is 0.330 e. The fourth-order valence-corrected chi connectivity index (χ4v) is 2.96. The summed E-state index contributed by atoms with van der Waals surface area (Å²) in [5.41, 5.74) is 0.217. The average Bonchev–Trinajstić information content (AvgIpc) is 3.19. The third kappa shape index (κ3) is 3.88. The minimum Gasteiger partial charge on any atom is -0.351 e. The fourth-order valence-electron chi connectivity index (χ4n) is 2.62. The highest BCUT2D eigenvalue weighted by Crippen LogP contribution is 2.31. The molecule has 3 rings (SSSR count). The quantitative estimate of drug-likeness (QED) is 0.574. The molecule has 2 unspecified atom stereocenters. The molecule has 1 aliphatic heterocycles. The molecule has 10 heteroatoms. The van der Waals surface area contributed by atoms with E-state index in [4.69, 9.17) is 14.5 Å². The van der Waals surface area contributed by atoms with Gasteiger partial charge in [0.05, 0.1) is 12.4 Å². The SMILES string of the molecule is O=c1[nH]c(=O)n(C2CCC(/C=C/P(O)O)O2)cc1Cc1cnc[nH]1. The topological polar surface area (TPSA) is 133 Å². The van der Waals surface area contributed by atoms with Crippen LogP contribution in [0.4, 0.5) is 0 Å². The van der Waals surface area contributed by atoms with Crippen LogP contribution in [0.15, 0.2) is 40.2 Å². The van der Waals surface area contributed by atoms with E-state index in [-0.39, 0.29) is 6.10 Å². The number of imidazole rings is 1. The summed E-state index contributed by atoms with van der Waals surface area (Å²) in [6.07, 6.45) is 6.97. The molecule has 1 aliphatic rings. The van der Waals surface area contributed by atoms with Crippen LogP contribution in [-0.2, 0) is 11.2 Å². The normalized spacial score (nSPS) is 21.1. The van der Waals surface area contributed by atoms with Crippen LogP contribution in [0, 0.1) is 0 Å². The Balaban J connectivity index is 1.81. The summed E-state index contributed by atoms with van der Waals surface area (Å²) < 4.78 is 7.09. The lowest BCUT2D eigenvalue weighted by Crippen LogP contribution is -2.34. The number of aromatic amines is 2. The molecule has 0 bridgehead atoms. The van der Waals surface area contributed by atoms with Crippen molar-refractivity contribution in [1.29, 1.82) is 0 Å². The lowest BCUT2D eigenvalue weighted by molar-refractivity contribution is 0.0201. The average molecular weight is 352 g/mol. The second-order valence-electron chi connectivity index (χ2n) is 5.44. The predicted molar refractivity (Wildman–Crippen MR) is 86.4 cm³/mol. The summed E-state index contributed by atoms with van der Waals surface area (Å²) in [4.78, 5) is 51.0. The molecule has 4 N–H and O–H groups in total. The number of hydrogen-bond donors (Lipinski definition) is 4. The summed E-state index contributed by atoms with van der Waals surface area (Å²) in [7, 11) is -2.11. The molecule has 24 heavy (non-hydrogen) atoms. The van der Waals surface area contributed by atoms with Gasteiger partial charge in [0.25, 0.3) is 5.56 Å². The Morgan fingerprint density at radius 3 is 2.96 bits per heavy atom. The van der Waals surface area contributed by atoms with Crippen molar-refractivity contribution in [2.45, 2.75) is 31.6 Å². The summed E-state index contributed by atoms with van der Waals surface area (Å²) in [5.74, 6) is 1.28. The van der Waals surface area contributed by atoms with Gasteiger partial charge in [0.1, 0.15) is 6.23 Å². The molecule has 2 atom stereocenters. The molecule has 0 saturated carbocycles. The Kier molecular flexibility index (Phi) is 5.06. The maximum atomic E-state index is 12.1. The molecule has 0 aliphatic carbocycles. The van der Waals surface area contributed by atoms with Gasteiger partial charge < -0.3 is 19.5 Å². The highest BCUT2D eigenvalue weighted by Gasteiger charge is 2.26. The molecule has 0 aromatic carbocycles. The number of ether oxygens (including phenoxy) is 1. The maximum Gasteiger partial charge on any atom is 0.330 e. The molecule has 0 spiro atoms. The van der Waals surface area contributed by atoms with Gasteiger partial charge in [-0.3, -0.25) is 14.3 Å². The van der Waals surface area contributed by atoms with Crippen LogP contribution in [0.5, 0.6) is 0 Å². The van der Waals surface area contributed by atoms with Gasteiger partial charge in [-0.1, -0.05) is 6.08 Å². The molecule has 1 fully saturated rings. The van der Waals surface area contributed by atoms with Gasteiger partial charge in [-0.15, -0.1) is 0 Å². The molecule has 128 valence electrons. The third-order valence-corrected chi connectivity index (χ3v) is 4.19. The molecule has 1 saturated heterocycles. The largest absolute Gasteiger partial charge is 0.351 e. The zero-order chi connectivity index (χ0) is 17.1. The van der Waals surface area contributed by atoms with Crippen LogP contribution < -0.4 is 11.2 Å². The number of rotatable bonds is 5. The molecule has 9 nitrogen and oxygen atoms in total. The lowest BCUT2D eigenvalue weighted by Gasteiger charge is -2.15. The van der Waals surface area contributed by atoms with E-state index in [1.165, 1.54) is 22.9 Å². The van der Waals surface area contributed by atoms with E-state index < -0.39 is 25.9 Å². The van der Waals surface area contributed by atoms with E-state index in [1.54, 1.807) is 12.3 Å². The third-order valence-electron chi connectivity index (χ3n) is 3.75. The Morgan fingerprint density at radius 2 is 2.25 bits per heavy atom. The zero-order valence-electron chi connectivity index (χ0n) is 12.6. The second-order valence-corrected chi connectivity index (χ2v) is 6.38. The maximum absolute atomic E-state index is 12.1. The Bertz CT molecular complexity index is 826. The van der Waals surface area contributed by atoms with E-state index in [2.05, 4.69) is 15.0 Å². The van der Waals surface area contributed by atoms with Crippen molar-refractivity contribution < 1.29 is 14.5 Å². The summed E-state index contributed by atoms with van der Waals surface area (Å²) >= 11 is 0. The number of nitrogens with one attached hydrogen (secondary N) is 2. The molecule has 2 aromatic heterocycles. The first kappa shape index (κ1) is 16.8. The number of hydrogen-bond acceptors (Lipinski definition) is 6. The van der Waals surface area contributed by atoms with Crippen LogP contribution in [0.25, 0.3) is 0 Å². The van der Waals surface area contributed by atoms with Crippen molar-refractivity contribution in [3.8, 4) is 0 Å². The molecule has 3 heterocycles. The van der Waals surface area contributed by atoms with E-state index in [1.807, 2.05) is 0 Å². The van der Waals surface area contributed by atoms with Crippen molar-refractivity contribution in [2.75, 3.05) is 0 Å². The second kappa shape index (κ2) is 7.23. The Morgan fingerprint density at radius 1 is 1.42 bits per heavy atom. The Labute approximate surface area is 137 Å². The zero-order valence-corrected chi connectivity index (χ0v) is 13.5. The van der Waals surface area contributed by atoms with Crippen molar-refractivity contribution >= 4 is 8.38 Å². The van der Waals surface area contributed by atoms with Gasteiger partial charge in [-0.05, 0) is 18.7 Å². The van der Waals surface area contributed by atoms with E-state index in [9.17, 15) is 9.59 Å². The summed E-state index contributed by atoms with van der Waals surface area (Å²) in [5, 5.41) is 0. The fraction of sp³-hybridized carbons (Fsp3) is 0.357. The van der Waals surface area contributed by atoms with Crippen molar-refractivity contribution in [3.63, 3.8) is 0 Å². The minimum atomic E-state index is -2.11. The van der Waals surface area contributed by atoms with Gasteiger partial charge in [0.2, 0.25) is 0 Å². The van der Waals surface area contributed by atoms with Crippen LogP contribution in [0.2, 0.25) is 0 Å². The van der Waals surface area contributed by atoms with Crippen molar-refractivity contribution in [2.24, 2.45) is 0 Å². The van der Waals surface area contributed by atoms with Gasteiger partial charge in [0, 0.05) is 30.1 Å². The number of aromatic nitrogens is 4. The van der Waals surface area contributed by atoms with E-state index >= 15 is 0 Å². The highest BCUT2D eigenvalue weighted by atomic mass is 31.2. The van der Waals surface area contributed by atoms with E-state index in [0.29, 0.717) is 24.8 Å². The van der Waals surface area contributed by atoms with Crippen LogP contribution in [-0.4, -0.2) is 35.4 Å². The lowest BCUT2D eigenvalue weighted by atomic mass is 10.2. The van der Waals surface area contributed by atoms with Gasteiger partial charge in [-0.25, -0.2) is 9.78 Å². The van der Waals surface area contributed by atoms with E-state index in [0.717, 1.165) is 5.69 Å². The standard InChI is InChI=1S/C14H17N4O5P/c19-13-9(5-10-6-15-8-16-10)7-18(14(20)17-13)12-2-1-11(23-12)3-4-24(21)22/h3-4,6-8,11-12,21-22H,1-2,5H2,(H,15,16)(H,17,19,20)/b4-3+. The minimum absolute atomic E-state index is 0.297. The van der Waals surface area contributed by atoms with Gasteiger partial charge >= 0.3 is 5.69 Å². The van der Waals surface area contributed by atoms with Crippen LogP contribution in [0.1, 0.15) is 30.3 Å². The predicted octanol–water partition coefficient (Wildman–Crippen LogP) is 0.338. The molecular formula is C14H17N4O5P. The molecule has 0 amide bonds. The highest BCUT2D eigenvalue weighted by molar-refractivity contribution is 7.48. The Hall–Kier alpha value is -2.06. The first-order valence-corrected chi connectivity index (χ1v) is 8.67. The van der Waals surface area contributed by atoms with Gasteiger partial charge in [-0.2, -0.15) is 0 Å². The summed E-state index contributed by atoms with van der Waals surface area (Å²) in [6.45, 7) is 0. The summed E-state index contributed by atoms with van der Waals surface area (Å²) in [6, 6.07) is 0. The molecule has 0 radical (unpaired) electrons. The van der Waals surface area contributed by atoms with Crippen molar-refractivity contribution in [1.82, 2.24) is 19.5 Å². The van der Waals surface area contributed by atoms with Crippen LogP contribution in [0.3, 0.4) is 0 Å². The monoisotopic (exact) mass is 352 g/mol.